The van der Waals surface area contributed by atoms with Crippen LogP contribution < -0.4 is 10.1 Å². The number of hydrogen-bond donors (Lipinski definition) is 1. The molecular formula is C17H26N2O. The Bertz CT molecular complexity index is 423. The molecule has 1 aromatic rings. The van der Waals surface area contributed by atoms with Gasteiger partial charge in [-0.25, -0.2) is 0 Å². The van der Waals surface area contributed by atoms with Crippen LogP contribution in [0.4, 0.5) is 0 Å². The second kappa shape index (κ2) is 8.08. The minimum absolute atomic E-state index is 0.667. The van der Waals surface area contributed by atoms with E-state index >= 15 is 0 Å². The molecule has 3 heteroatoms. The summed E-state index contributed by atoms with van der Waals surface area (Å²) in [5.41, 5.74) is 1.14. The molecule has 0 spiro atoms. The molecule has 0 radical (unpaired) electrons. The molecule has 0 amide bonds. The van der Waals surface area contributed by atoms with Gasteiger partial charge in [-0.1, -0.05) is 37.3 Å². The highest BCUT2D eigenvalue weighted by molar-refractivity contribution is 5.57. The molecule has 1 heterocycles. The molecule has 1 fully saturated rings. The van der Waals surface area contributed by atoms with Crippen LogP contribution in [0.25, 0.3) is 6.08 Å². The van der Waals surface area contributed by atoms with Gasteiger partial charge < -0.3 is 15.0 Å². The van der Waals surface area contributed by atoms with Crippen LogP contribution in [0.3, 0.4) is 0 Å². The average Bonchev–Trinajstić information content (AvgIpc) is 2.52. The third-order valence-corrected chi connectivity index (χ3v) is 4.00. The van der Waals surface area contributed by atoms with Gasteiger partial charge in [-0.2, -0.15) is 0 Å². The molecule has 0 bridgehead atoms. The van der Waals surface area contributed by atoms with Crippen LogP contribution in [0.1, 0.15) is 25.3 Å². The predicted octanol–water partition coefficient (Wildman–Crippen LogP) is 2.78. The number of ether oxygens (including phenoxy) is 1. The van der Waals surface area contributed by atoms with E-state index < -0.39 is 0 Å². The van der Waals surface area contributed by atoms with Crippen molar-refractivity contribution in [2.24, 2.45) is 0 Å². The summed E-state index contributed by atoms with van der Waals surface area (Å²) < 4.78 is 5.34. The fourth-order valence-corrected chi connectivity index (χ4v) is 2.68. The van der Waals surface area contributed by atoms with Crippen LogP contribution >= 0.6 is 0 Å². The number of piperidine rings is 1. The van der Waals surface area contributed by atoms with Gasteiger partial charge in [0.2, 0.25) is 0 Å². The summed E-state index contributed by atoms with van der Waals surface area (Å²) in [4.78, 5) is 2.52. The zero-order valence-corrected chi connectivity index (χ0v) is 12.6. The number of benzene rings is 1. The van der Waals surface area contributed by atoms with Crippen LogP contribution in [0.2, 0.25) is 0 Å². The number of nitrogens with zero attached hydrogens (tertiary/aromatic N) is 1. The maximum absolute atomic E-state index is 5.34. The van der Waals surface area contributed by atoms with Crippen molar-refractivity contribution in [1.29, 1.82) is 0 Å². The average molecular weight is 274 g/mol. The lowest BCUT2D eigenvalue weighted by Crippen LogP contribution is -2.42. The summed E-state index contributed by atoms with van der Waals surface area (Å²) in [6.45, 7) is 6.80. The Labute approximate surface area is 122 Å². The van der Waals surface area contributed by atoms with Crippen LogP contribution in [0, 0.1) is 0 Å². The van der Waals surface area contributed by atoms with E-state index in [0.29, 0.717) is 6.04 Å². The van der Waals surface area contributed by atoms with Crippen molar-refractivity contribution in [2.45, 2.75) is 25.8 Å². The Morgan fingerprint density at radius 3 is 2.75 bits per heavy atom. The molecule has 20 heavy (non-hydrogen) atoms. The fraction of sp³-hybridized carbons (Fsp3) is 0.529. The summed E-state index contributed by atoms with van der Waals surface area (Å²) in [7, 11) is 1.71. The molecule has 110 valence electrons. The molecule has 1 saturated heterocycles. The van der Waals surface area contributed by atoms with Gasteiger partial charge in [0.25, 0.3) is 0 Å². The van der Waals surface area contributed by atoms with Gasteiger partial charge in [0, 0.05) is 18.2 Å². The van der Waals surface area contributed by atoms with Crippen molar-refractivity contribution >= 4 is 6.08 Å². The number of methoxy groups -OCH3 is 1. The molecule has 1 aromatic carbocycles. The Morgan fingerprint density at radius 2 is 2.05 bits per heavy atom. The Kier molecular flexibility index (Phi) is 6.09. The van der Waals surface area contributed by atoms with E-state index in [1.165, 1.54) is 32.5 Å². The van der Waals surface area contributed by atoms with Crippen molar-refractivity contribution < 1.29 is 4.74 Å². The Hall–Kier alpha value is -1.32. The largest absolute Gasteiger partial charge is 0.496 e. The number of likely N-dealkylation sites (tertiary alicyclic amines) is 1. The number of hydrogen-bond acceptors (Lipinski definition) is 3. The highest BCUT2D eigenvalue weighted by Crippen LogP contribution is 2.18. The summed E-state index contributed by atoms with van der Waals surface area (Å²) in [5.74, 6) is 0.931. The predicted molar refractivity (Wildman–Crippen MR) is 85.2 cm³/mol. The van der Waals surface area contributed by atoms with E-state index in [1.54, 1.807) is 7.11 Å². The lowest BCUT2D eigenvalue weighted by Gasteiger charge is -2.31. The van der Waals surface area contributed by atoms with E-state index in [0.717, 1.165) is 17.9 Å². The molecule has 2 rings (SSSR count). The van der Waals surface area contributed by atoms with Crippen LogP contribution in [-0.4, -0.2) is 44.2 Å². The number of rotatable bonds is 6. The molecule has 0 saturated carbocycles. The second-order valence-electron chi connectivity index (χ2n) is 5.26. The lowest BCUT2D eigenvalue weighted by atomic mass is 10.1. The van der Waals surface area contributed by atoms with E-state index in [2.05, 4.69) is 35.4 Å². The van der Waals surface area contributed by atoms with Crippen molar-refractivity contribution in [2.75, 3.05) is 33.3 Å². The molecule has 0 aliphatic carbocycles. The topological polar surface area (TPSA) is 24.5 Å². The SMILES string of the molecule is CCN1CCC(NCC=Cc2ccccc2OC)CC1. The Morgan fingerprint density at radius 1 is 1.30 bits per heavy atom. The van der Waals surface area contributed by atoms with E-state index in [1.807, 2.05) is 18.2 Å². The first-order valence-electron chi connectivity index (χ1n) is 7.58. The zero-order valence-electron chi connectivity index (χ0n) is 12.6. The first-order chi connectivity index (χ1) is 9.83. The zero-order chi connectivity index (χ0) is 14.2. The van der Waals surface area contributed by atoms with Crippen LogP contribution in [-0.2, 0) is 0 Å². The van der Waals surface area contributed by atoms with Crippen LogP contribution in [0.5, 0.6) is 5.75 Å². The monoisotopic (exact) mass is 274 g/mol. The van der Waals surface area contributed by atoms with Crippen molar-refractivity contribution in [3.8, 4) is 5.75 Å². The van der Waals surface area contributed by atoms with Crippen molar-refractivity contribution in [3.63, 3.8) is 0 Å². The summed E-state index contributed by atoms with van der Waals surface area (Å²) >= 11 is 0. The highest BCUT2D eigenvalue weighted by atomic mass is 16.5. The van der Waals surface area contributed by atoms with Gasteiger partial charge in [0.1, 0.15) is 5.75 Å². The minimum atomic E-state index is 0.667. The van der Waals surface area contributed by atoms with Crippen molar-refractivity contribution in [1.82, 2.24) is 10.2 Å². The van der Waals surface area contributed by atoms with Gasteiger partial charge >= 0.3 is 0 Å². The maximum Gasteiger partial charge on any atom is 0.126 e. The van der Waals surface area contributed by atoms with Crippen molar-refractivity contribution in [3.05, 3.63) is 35.9 Å². The van der Waals surface area contributed by atoms with Gasteiger partial charge in [-0.05, 0) is 38.5 Å². The summed E-state index contributed by atoms with van der Waals surface area (Å²) in [6.07, 6.45) is 6.84. The molecule has 3 nitrogen and oxygen atoms in total. The van der Waals surface area contributed by atoms with E-state index in [9.17, 15) is 0 Å². The van der Waals surface area contributed by atoms with Gasteiger partial charge in [0.05, 0.1) is 7.11 Å². The first kappa shape index (κ1) is 15.1. The van der Waals surface area contributed by atoms with E-state index in [4.69, 9.17) is 4.74 Å². The van der Waals surface area contributed by atoms with Crippen LogP contribution in [0.15, 0.2) is 30.3 Å². The van der Waals surface area contributed by atoms with Gasteiger partial charge in [0.15, 0.2) is 0 Å². The lowest BCUT2D eigenvalue weighted by molar-refractivity contribution is 0.209. The smallest absolute Gasteiger partial charge is 0.126 e. The van der Waals surface area contributed by atoms with Gasteiger partial charge in [-0.3, -0.25) is 0 Å². The Balaban J connectivity index is 1.74. The highest BCUT2D eigenvalue weighted by Gasteiger charge is 2.16. The molecule has 1 aliphatic rings. The second-order valence-corrected chi connectivity index (χ2v) is 5.26. The molecule has 1 aliphatic heterocycles. The first-order valence-corrected chi connectivity index (χ1v) is 7.58. The molecule has 0 atom stereocenters. The molecule has 0 unspecified atom stereocenters. The van der Waals surface area contributed by atoms with E-state index in [-0.39, 0.29) is 0 Å². The van der Waals surface area contributed by atoms with Gasteiger partial charge in [-0.15, -0.1) is 0 Å². The fourth-order valence-electron chi connectivity index (χ4n) is 2.68. The summed E-state index contributed by atoms with van der Waals surface area (Å²) in [5, 5.41) is 3.62. The summed E-state index contributed by atoms with van der Waals surface area (Å²) in [6, 6.07) is 8.77. The minimum Gasteiger partial charge on any atom is -0.496 e. The maximum atomic E-state index is 5.34. The normalized spacial score (nSPS) is 17.7. The standard InChI is InChI=1S/C17H26N2O/c1-3-19-13-10-16(11-14-19)18-12-6-8-15-7-4-5-9-17(15)20-2/h4-9,16,18H,3,10-14H2,1-2H3. The molecule has 0 aromatic heterocycles. The quantitative estimate of drug-likeness (QED) is 0.863. The molecule has 1 N–H and O–H groups in total. The number of para-hydroxylation sites is 1. The third kappa shape index (κ3) is 4.36. The number of nitrogens with one attached hydrogen (secondary N) is 1. The third-order valence-electron chi connectivity index (χ3n) is 4.00. The molecular weight excluding hydrogens is 248 g/mol.